The van der Waals surface area contributed by atoms with E-state index in [2.05, 4.69) is 10.3 Å². The first-order valence-corrected chi connectivity index (χ1v) is 6.80. The number of hydrogen-bond acceptors (Lipinski definition) is 4. The second-order valence-electron chi connectivity index (χ2n) is 4.88. The van der Waals surface area contributed by atoms with E-state index in [0.717, 1.165) is 24.5 Å². The van der Waals surface area contributed by atoms with Gasteiger partial charge < -0.3 is 15.8 Å². The van der Waals surface area contributed by atoms with Crippen molar-refractivity contribution < 1.29 is 9.53 Å². The van der Waals surface area contributed by atoms with Crippen LogP contribution in [0, 0.1) is 5.92 Å². The summed E-state index contributed by atoms with van der Waals surface area (Å²) in [5.74, 6) is 0.644. The number of amides is 1. The summed E-state index contributed by atoms with van der Waals surface area (Å²) in [4.78, 5) is 15.8. The van der Waals surface area contributed by atoms with Crippen LogP contribution in [0.25, 0.3) is 0 Å². The van der Waals surface area contributed by atoms with Crippen LogP contribution in [0.2, 0.25) is 0 Å². The molecule has 3 N–H and O–H groups in total. The highest BCUT2D eigenvalue weighted by Crippen LogP contribution is 2.28. The van der Waals surface area contributed by atoms with Gasteiger partial charge in [0.05, 0.1) is 0 Å². The maximum absolute atomic E-state index is 11.7. The number of carbonyl (C=O) groups is 1. The normalized spacial score (nSPS) is 14.4. The molecular weight excluding hydrogens is 242 g/mol. The fourth-order valence-corrected chi connectivity index (χ4v) is 1.68. The van der Waals surface area contributed by atoms with E-state index in [1.54, 1.807) is 12.3 Å². The minimum absolute atomic E-state index is 0.147. The van der Waals surface area contributed by atoms with Crippen molar-refractivity contribution in [2.75, 3.05) is 19.8 Å². The Hall–Kier alpha value is -1.46. The van der Waals surface area contributed by atoms with Crippen LogP contribution in [-0.2, 0) is 11.3 Å². The number of ether oxygens (including phenoxy) is 1. The van der Waals surface area contributed by atoms with Crippen molar-refractivity contribution in [1.82, 2.24) is 10.3 Å². The van der Waals surface area contributed by atoms with Crippen LogP contribution < -0.4 is 11.1 Å². The summed E-state index contributed by atoms with van der Waals surface area (Å²) < 4.78 is 5.49. The summed E-state index contributed by atoms with van der Waals surface area (Å²) in [6, 6.07) is 3.52. The zero-order chi connectivity index (χ0) is 13.5. The van der Waals surface area contributed by atoms with Gasteiger partial charge in [-0.3, -0.25) is 9.78 Å². The lowest BCUT2D eigenvalue weighted by molar-refractivity contribution is 0.0932. The van der Waals surface area contributed by atoms with Crippen LogP contribution in [0.3, 0.4) is 0 Å². The van der Waals surface area contributed by atoms with Gasteiger partial charge in [-0.15, -0.1) is 0 Å². The molecule has 5 nitrogen and oxygen atoms in total. The second kappa shape index (κ2) is 7.21. The summed E-state index contributed by atoms with van der Waals surface area (Å²) in [6.45, 7) is 2.63. The molecule has 0 spiro atoms. The average molecular weight is 263 g/mol. The zero-order valence-electron chi connectivity index (χ0n) is 11.1. The van der Waals surface area contributed by atoms with Crippen molar-refractivity contribution in [2.24, 2.45) is 11.7 Å². The number of carbonyl (C=O) groups excluding carboxylic acids is 1. The number of hydrogen-bond donors (Lipinski definition) is 2. The van der Waals surface area contributed by atoms with Crippen molar-refractivity contribution in [1.29, 1.82) is 0 Å². The molecule has 1 fully saturated rings. The lowest BCUT2D eigenvalue weighted by Gasteiger charge is -2.06. The van der Waals surface area contributed by atoms with E-state index in [-0.39, 0.29) is 5.91 Å². The molecule has 0 saturated heterocycles. The predicted molar refractivity (Wildman–Crippen MR) is 72.6 cm³/mol. The Kier molecular flexibility index (Phi) is 5.30. The zero-order valence-corrected chi connectivity index (χ0v) is 11.1. The first-order chi connectivity index (χ1) is 9.29. The Morgan fingerprint density at radius 1 is 1.47 bits per heavy atom. The van der Waals surface area contributed by atoms with Gasteiger partial charge in [0.25, 0.3) is 5.91 Å². The Morgan fingerprint density at radius 2 is 2.32 bits per heavy atom. The molecule has 0 bridgehead atoms. The molecule has 0 atom stereocenters. The van der Waals surface area contributed by atoms with Gasteiger partial charge >= 0.3 is 0 Å². The third kappa shape index (κ3) is 4.96. The number of pyridine rings is 1. The maximum atomic E-state index is 11.7. The molecule has 0 radical (unpaired) electrons. The monoisotopic (exact) mass is 263 g/mol. The Morgan fingerprint density at radius 3 is 2.95 bits per heavy atom. The van der Waals surface area contributed by atoms with E-state index >= 15 is 0 Å². The van der Waals surface area contributed by atoms with Gasteiger partial charge in [-0.05, 0) is 36.8 Å². The minimum atomic E-state index is -0.147. The van der Waals surface area contributed by atoms with Crippen molar-refractivity contribution in [3.63, 3.8) is 0 Å². The Labute approximate surface area is 113 Å². The van der Waals surface area contributed by atoms with E-state index in [4.69, 9.17) is 10.5 Å². The summed E-state index contributed by atoms with van der Waals surface area (Å²) in [5.41, 5.74) is 6.82. The molecule has 5 heteroatoms. The molecule has 1 aliphatic rings. The fraction of sp³-hybridized carbons (Fsp3) is 0.571. The van der Waals surface area contributed by atoms with Gasteiger partial charge in [0.2, 0.25) is 0 Å². The molecule has 1 aromatic rings. The smallest absolute Gasteiger partial charge is 0.269 e. The van der Waals surface area contributed by atoms with Gasteiger partial charge in [0, 0.05) is 32.5 Å². The molecule has 1 aromatic heterocycles. The molecule has 1 amide bonds. The van der Waals surface area contributed by atoms with E-state index in [9.17, 15) is 4.79 Å². The highest BCUT2D eigenvalue weighted by atomic mass is 16.5. The quantitative estimate of drug-likeness (QED) is 0.688. The fourth-order valence-electron chi connectivity index (χ4n) is 1.68. The highest BCUT2D eigenvalue weighted by molar-refractivity contribution is 5.92. The molecule has 1 heterocycles. The maximum Gasteiger partial charge on any atom is 0.269 e. The van der Waals surface area contributed by atoms with Crippen molar-refractivity contribution >= 4 is 5.91 Å². The highest BCUT2D eigenvalue weighted by Gasteiger charge is 2.20. The van der Waals surface area contributed by atoms with Crippen LogP contribution in [-0.4, -0.2) is 30.6 Å². The number of nitrogens with two attached hydrogens (primary N) is 1. The second-order valence-corrected chi connectivity index (χ2v) is 4.88. The molecular formula is C14H21N3O2. The minimum Gasteiger partial charge on any atom is -0.381 e. The predicted octanol–water partition coefficient (Wildman–Crippen LogP) is 1.09. The van der Waals surface area contributed by atoms with Gasteiger partial charge in [-0.2, -0.15) is 0 Å². The lowest BCUT2D eigenvalue weighted by atomic mass is 10.2. The van der Waals surface area contributed by atoms with Crippen LogP contribution in [0.1, 0.15) is 35.3 Å². The summed E-state index contributed by atoms with van der Waals surface area (Å²) in [6.07, 6.45) is 5.08. The van der Waals surface area contributed by atoms with Gasteiger partial charge in [-0.25, -0.2) is 0 Å². The van der Waals surface area contributed by atoms with E-state index < -0.39 is 0 Å². The molecule has 1 aliphatic carbocycles. The van der Waals surface area contributed by atoms with Crippen LogP contribution in [0.4, 0.5) is 0 Å². The first kappa shape index (κ1) is 14.0. The Balaban J connectivity index is 1.59. The summed E-state index contributed by atoms with van der Waals surface area (Å²) in [7, 11) is 0. The van der Waals surface area contributed by atoms with Crippen molar-refractivity contribution in [2.45, 2.75) is 25.8 Å². The van der Waals surface area contributed by atoms with Crippen LogP contribution in [0.5, 0.6) is 0 Å². The van der Waals surface area contributed by atoms with Gasteiger partial charge in [0.1, 0.15) is 5.69 Å². The van der Waals surface area contributed by atoms with Gasteiger partial charge in [-0.1, -0.05) is 6.07 Å². The molecule has 1 saturated carbocycles. The summed E-state index contributed by atoms with van der Waals surface area (Å²) >= 11 is 0. The lowest BCUT2D eigenvalue weighted by Crippen LogP contribution is -2.26. The topological polar surface area (TPSA) is 77.2 Å². The van der Waals surface area contributed by atoms with Crippen LogP contribution in [0.15, 0.2) is 18.3 Å². The number of rotatable bonds is 8. The number of nitrogens with one attached hydrogen (secondary N) is 1. The first-order valence-electron chi connectivity index (χ1n) is 6.80. The van der Waals surface area contributed by atoms with E-state index in [1.165, 1.54) is 12.8 Å². The van der Waals surface area contributed by atoms with Crippen LogP contribution >= 0.6 is 0 Å². The van der Waals surface area contributed by atoms with E-state index in [1.807, 2.05) is 6.07 Å². The van der Waals surface area contributed by atoms with Crippen molar-refractivity contribution in [3.05, 3.63) is 29.6 Å². The Bertz CT molecular complexity index is 402. The number of nitrogens with zero attached hydrogens (tertiary/aromatic N) is 1. The molecule has 0 aliphatic heterocycles. The van der Waals surface area contributed by atoms with Gasteiger partial charge in [0.15, 0.2) is 0 Å². The molecule has 2 rings (SSSR count). The van der Waals surface area contributed by atoms with Crippen molar-refractivity contribution in [3.8, 4) is 0 Å². The molecule has 104 valence electrons. The molecule has 0 aromatic carbocycles. The third-order valence-corrected chi connectivity index (χ3v) is 3.09. The molecule has 0 unspecified atom stereocenters. The third-order valence-electron chi connectivity index (χ3n) is 3.09. The standard InChI is InChI=1S/C14H21N3O2/c15-8-12-4-5-13(17-9-12)14(18)16-6-1-7-19-10-11-2-3-11/h4-5,9,11H,1-3,6-8,10,15H2,(H,16,18). The SMILES string of the molecule is NCc1ccc(C(=O)NCCCOCC2CC2)nc1. The van der Waals surface area contributed by atoms with E-state index in [0.29, 0.717) is 25.4 Å². The molecule has 19 heavy (non-hydrogen) atoms. The summed E-state index contributed by atoms with van der Waals surface area (Å²) in [5, 5.41) is 2.83. The number of aromatic nitrogens is 1. The average Bonchev–Trinajstić information content (AvgIpc) is 3.26. The largest absolute Gasteiger partial charge is 0.381 e.